The zero-order valence-corrected chi connectivity index (χ0v) is 15.1. The number of amides is 3. The molecule has 134 valence electrons. The Hall–Kier alpha value is -2.83. The predicted octanol–water partition coefficient (Wildman–Crippen LogP) is 3.37. The molecule has 7 heteroatoms. The van der Waals surface area contributed by atoms with Crippen molar-refractivity contribution in [3.05, 3.63) is 46.8 Å². The molecule has 0 aliphatic carbocycles. The second-order valence-corrected chi connectivity index (χ2v) is 6.11. The van der Waals surface area contributed by atoms with Gasteiger partial charge in [-0.1, -0.05) is 17.3 Å². The largest absolute Gasteiger partial charge is 0.361 e. The maximum atomic E-state index is 12.3. The van der Waals surface area contributed by atoms with Gasteiger partial charge >= 0.3 is 6.03 Å². The fourth-order valence-corrected chi connectivity index (χ4v) is 2.79. The van der Waals surface area contributed by atoms with E-state index < -0.39 is 0 Å². The van der Waals surface area contributed by atoms with E-state index >= 15 is 0 Å². The summed E-state index contributed by atoms with van der Waals surface area (Å²) in [6.45, 7) is 8.89. The van der Waals surface area contributed by atoms with Gasteiger partial charge in [0.2, 0.25) is 5.91 Å². The molecule has 1 aromatic heterocycles. The SMILES string of the molecule is CC(=O)Nc1cccc([C@@H](C)NC(=O)N[C@H](C)c2c(C)noc2C)c1. The lowest BCUT2D eigenvalue weighted by Crippen LogP contribution is -2.38. The monoisotopic (exact) mass is 344 g/mol. The van der Waals surface area contributed by atoms with E-state index in [0.29, 0.717) is 11.4 Å². The van der Waals surface area contributed by atoms with Crippen LogP contribution in [0, 0.1) is 13.8 Å². The average molecular weight is 344 g/mol. The van der Waals surface area contributed by atoms with Crippen LogP contribution in [-0.4, -0.2) is 17.1 Å². The molecule has 0 fully saturated rings. The third-order valence-electron chi connectivity index (χ3n) is 3.92. The summed E-state index contributed by atoms with van der Waals surface area (Å²) in [7, 11) is 0. The Morgan fingerprint density at radius 1 is 1.12 bits per heavy atom. The summed E-state index contributed by atoms with van der Waals surface area (Å²) >= 11 is 0. The molecule has 3 amide bonds. The summed E-state index contributed by atoms with van der Waals surface area (Å²) in [6, 6.07) is 6.65. The van der Waals surface area contributed by atoms with Gasteiger partial charge in [-0.15, -0.1) is 0 Å². The number of urea groups is 1. The van der Waals surface area contributed by atoms with Crippen molar-refractivity contribution in [2.45, 2.75) is 46.7 Å². The van der Waals surface area contributed by atoms with Crippen molar-refractivity contribution in [1.82, 2.24) is 15.8 Å². The van der Waals surface area contributed by atoms with E-state index in [-0.39, 0.29) is 24.0 Å². The molecule has 1 aromatic carbocycles. The topological polar surface area (TPSA) is 96.3 Å². The minimum absolute atomic E-state index is 0.135. The number of rotatable bonds is 5. The summed E-state index contributed by atoms with van der Waals surface area (Å²) in [5, 5.41) is 12.4. The zero-order valence-electron chi connectivity index (χ0n) is 15.1. The second-order valence-electron chi connectivity index (χ2n) is 6.11. The maximum Gasteiger partial charge on any atom is 0.315 e. The number of anilines is 1. The summed E-state index contributed by atoms with van der Waals surface area (Å²) in [4.78, 5) is 23.4. The Morgan fingerprint density at radius 3 is 2.40 bits per heavy atom. The molecule has 2 rings (SSSR count). The first-order chi connectivity index (χ1) is 11.8. The van der Waals surface area contributed by atoms with Gasteiger partial charge in [-0.2, -0.15) is 0 Å². The zero-order chi connectivity index (χ0) is 18.6. The predicted molar refractivity (Wildman–Crippen MR) is 95.2 cm³/mol. The lowest BCUT2D eigenvalue weighted by Gasteiger charge is -2.19. The third kappa shape index (κ3) is 4.82. The van der Waals surface area contributed by atoms with Crippen molar-refractivity contribution in [3.8, 4) is 0 Å². The summed E-state index contributed by atoms with van der Waals surface area (Å²) < 4.78 is 5.14. The van der Waals surface area contributed by atoms with Gasteiger partial charge in [0.1, 0.15) is 5.76 Å². The van der Waals surface area contributed by atoms with Crippen molar-refractivity contribution >= 4 is 17.6 Å². The first-order valence-electron chi connectivity index (χ1n) is 8.15. The van der Waals surface area contributed by atoms with Crippen LogP contribution in [0.25, 0.3) is 0 Å². The number of hydrogen-bond acceptors (Lipinski definition) is 4. The van der Waals surface area contributed by atoms with Crippen LogP contribution in [0.1, 0.15) is 55.4 Å². The van der Waals surface area contributed by atoms with Gasteiger partial charge in [0.05, 0.1) is 17.8 Å². The normalized spacial score (nSPS) is 13.0. The second kappa shape index (κ2) is 7.83. The lowest BCUT2D eigenvalue weighted by molar-refractivity contribution is -0.114. The molecule has 0 aliphatic rings. The number of benzene rings is 1. The quantitative estimate of drug-likeness (QED) is 0.775. The van der Waals surface area contributed by atoms with Crippen LogP contribution < -0.4 is 16.0 Å². The number of aryl methyl sites for hydroxylation is 2. The van der Waals surface area contributed by atoms with Crippen LogP contribution in [0.4, 0.5) is 10.5 Å². The number of carbonyl (C=O) groups excluding carboxylic acids is 2. The molecular weight excluding hydrogens is 320 g/mol. The molecule has 0 spiro atoms. The minimum Gasteiger partial charge on any atom is -0.361 e. The van der Waals surface area contributed by atoms with Gasteiger partial charge in [-0.05, 0) is 45.4 Å². The van der Waals surface area contributed by atoms with Crippen LogP contribution in [-0.2, 0) is 4.79 Å². The minimum atomic E-state index is -0.287. The van der Waals surface area contributed by atoms with Crippen molar-refractivity contribution in [2.75, 3.05) is 5.32 Å². The molecule has 0 radical (unpaired) electrons. The number of nitrogens with zero attached hydrogens (tertiary/aromatic N) is 1. The van der Waals surface area contributed by atoms with Crippen molar-refractivity contribution in [2.24, 2.45) is 0 Å². The molecule has 0 aliphatic heterocycles. The van der Waals surface area contributed by atoms with Crippen molar-refractivity contribution in [1.29, 1.82) is 0 Å². The molecule has 7 nitrogen and oxygen atoms in total. The first kappa shape index (κ1) is 18.5. The van der Waals surface area contributed by atoms with E-state index in [1.807, 2.05) is 45.9 Å². The summed E-state index contributed by atoms with van der Waals surface area (Å²) in [5.41, 5.74) is 3.24. The average Bonchev–Trinajstić information content (AvgIpc) is 2.85. The molecule has 2 aromatic rings. The fraction of sp³-hybridized carbons (Fsp3) is 0.389. The Kier molecular flexibility index (Phi) is 5.80. The summed E-state index contributed by atoms with van der Waals surface area (Å²) in [5.74, 6) is 0.560. The fourth-order valence-electron chi connectivity index (χ4n) is 2.79. The third-order valence-corrected chi connectivity index (χ3v) is 3.92. The summed E-state index contributed by atoms with van der Waals surface area (Å²) in [6.07, 6.45) is 0. The van der Waals surface area contributed by atoms with E-state index in [4.69, 9.17) is 4.52 Å². The van der Waals surface area contributed by atoms with Crippen LogP contribution >= 0.6 is 0 Å². The molecule has 3 N–H and O–H groups in total. The smallest absolute Gasteiger partial charge is 0.315 e. The standard InChI is InChI=1S/C18H24N4O3/c1-10(15-7-6-8-16(9-15)21-14(5)23)19-18(24)20-11(2)17-12(3)22-25-13(17)4/h6-11H,1-5H3,(H,21,23)(H2,19,20,24)/t10-,11-/m1/s1. The Balaban J connectivity index is 1.99. The molecule has 0 saturated heterocycles. The number of nitrogens with one attached hydrogen (secondary N) is 3. The van der Waals surface area contributed by atoms with Crippen LogP contribution in [0.5, 0.6) is 0 Å². The van der Waals surface area contributed by atoms with E-state index in [1.165, 1.54) is 6.92 Å². The van der Waals surface area contributed by atoms with Gasteiger partial charge in [-0.25, -0.2) is 4.79 Å². The highest BCUT2D eigenvalue weighted by Crippen LogP contribution is 2.21. The van der Waals surface area contributed by atoms with Gasteiger partial charge in [0.25, 0.3) is 0 Å². The van der Waals surface area contributed by atoms with Crippen LogP contribution in [0.2, 0.25) is 0 Å². The Morgan fingerprint density at radius 2 is 1.80 bits per heavy atom. The van der Waals surface area contributed by atoms with Crippen LogP contribution in [0.15, 0.2) is 28.8 Å². The lowest BCUT2D eigenvalue weighted by atomic mass is 10.1. The molecule has 1 heterocycles. The Bertz CT molecular complexity index is 750. The maximum absolute atomic E-state index is 12.3. The first-order valence-corrected chi connectivity index (χ1v) is 8.15. The van der Waals surface area contributed by atoms with Crippen molar-refractivity contribution < 1.29 is 14.1 Å². The molecular formula is C18H24N4O3. The molecule has 25 heavy (non-hydrogen) atoms. The van der Waals surface area contributed by atoms with Crippen LogP contribution in [0.3, 0.4) is 0 Å². The highest BCUT2D eigenvalue weighted by atomic mass is 16.5. The Labute approximate surface area is 147 Å². The van der Waals surface area contributed by atoms with Gasteiger partial charge in [-0.3, -0.25) is 4.79 Å². The highest BCUT2D eigenvalue weighted by Gasteiger charge is 2.19. The van der Waals surface area contributed by atoms with E-state index in [1.54, 1.807) is 6.07 Å². The molecule has 2 atom stereocenters. The van der Waals surface area contributed by atoms with Gasteiger partial charge in [0, 0.05) is 18.2 Å². The number of hydrogen-bond donors (Lipinski definition) is 3. The highest BCUT2D eigenvalue weighted by molar-refractivity contribution is 5.88. The van der Waals surface area contributed by atoms with Crippen molar-refractivity contribution in [3.63, 3.8) is 0 Å². The molecule has 0 unspecified atom stereocenters. The molecule has 0 saturated carbocycles. The number of aromatic nitrogens is 1. The van der Waals surface area contributed by atoms with Gasteiger partial charge < -0.3 is 20.5 Å². The van der Waals surface area contributed by atoms with E-state index in [2.05, 4.69) is 21.1 Å². The van der Waals surface area contributed by atoms with E-state index in [0.717, 1.165) is 16.8 Å². The number of carbonyl (C=O) groups is 2. The van der Waals surface area contributed by atoms with Gasteiger partial charge in [0.15, 0.2) is 0 Å². The van der Waals surface area contributed by atoms with E-state index in [9.17, 15) is 9.59 Å². The molecule has 0 bridgehead atoms.